The van der Waals surface area contributed by atoms with Crippen molar-refractivity contribution in [1.29, 1.82) is 0 Å². The molecule has 2 unspecified atom stereocenters. The first-order chi connectivity index (χ1) is 10.3. The Hall–Kier alpha value is -1.35. The fraction of sp³-hybridized carbons (Fsp3) is 0.632. The molecule has 0 amide bonds. The average molecular weight is 300 g/mol. The van der Waals surface area contributed by atoms with E-state index in [1.165, 1.54) is 19.3 Å². The molecule has 0 spiro atoms. The molecule has 1 saturated heterocycles. The molecule has 3 heteroatoms. The molecule has 0 aromatic heterocycles. The maximum Gasteiger partial charge on any atom is 0.164 e. The van der Waals surface area contributed by atoms with Gasteiger partial charge in [0.2, 0.25) is 0 Å². The van der Waals surface area contributed by atoms with Gasteiger partial charge in [0.25, 0.3) is 0 Å². The Labute approximate surface area is 133 Å². The summed E-state index contributed by atoms with van der Waals surface area (Å²) in [4.78, 5) is 14.9. The number of fused-ring (bicyclic) bond motifs is 2. The molecule has 1 saturated carbocycles. The summed E-state index contributed by atoms with van der Waals surface area (Å²) in [6.07, 6.45) is 4.47. The van der Waals surface area contributed by atoms with E-state index in [9.17, 15) is 4.79 Å². The van der Waals surface area contributed by atoms with Crippen LogP contribution in [-0.4, -0.2) is 29.8 Å². The first-order valence-electron chi connectivity index (χ1n) is 8.39. The number of anilines is 1. The van der Waals surface area contributed by atoms with Gasteiger partial charge in [0.1, 0.15) is 0 Å². The zero-order chi connectivity index (χ0) is 16.0. The number of benzene rings is 1. The van der Waals surface area contributed by atoms with E-state index < -0.39 is 0 Å². The first-order valence-corrected chi connectivity index (χ1v) is 8.39. The molecule has 22 heavy (non-hydrogen) atoms. The van der Waals surface area contributed by atoms with Crippen molar-refractivity contribution in [2.45, 2.75) is 52.5 Å². The van der Waals surface area contributed by atoms with Crippen LogP contribution in [0.1, 0.15) is 56.8 Å². The van der Waals surface area contributed by atoms with Gasteiger partial charge in [-0.3, -0.25) is 9.69 Å². The van der Waals surface area contributed by atoms with E-state index in [4.69, 9.17) is 5.73 Å². The Bertz CT molecular complexity index is 563. The molecule has 1 aromatic rings. The van der Waals surface area contributed by atoms with Gasteiger partial charge in [0.05, 0.1) is 0 Å². The molecule has 1 aliphatic heterocycles. The van der Waals surface area contributed by atoms with E-state index in [2.05, 4.69) is 25.7 Å². The number of hydrogen-bond donors (Lipinski definition) is 1. The summed E-state index contributed by atoms with van der Waals surface area (Å²) in [7, 11) is 0. The molecule has 3 rings (SSSR count). The fourth-order valence-corrected chi connectivity index (χ4v) is 4.90. The van der Waals surface area contributed by atoms with Crippen LogP contribution in [0, 0.1) is 10.8 Å². The van der Waals surface area contributed by atoms with Crippen molar-refractivity contribution in [3.63, 3.8) is 0 Å². The molecule has 2 atom stereocenters. The third-order valence-electron chi connectivity index (χ3n) is 5.38. The number of likely N-dealkylation sites (tertiary alicyclic amines) is 1. The third-order valence-corrected chi connectivity index (χ3v) is 5.38. The molecular weight excluding hydrogens is 272 g/mol. The second kappa shape index (κ2) is 5.38. The lowest BCUT2D eigenvalue weighted by molar-refractivity contribution is 0.0954. The number of nitrogens with zero attached hydrogens (tertiary/aromatic N) is 1. The van der Waals surface area contributed by atoms with E-state index in [1.54, 1.807) is 12.1 Å². The van der Waals surface area contributed by atoms with Crippen LogP contribution in [0.3, 0.4) is 0 Å². The summed E-state index contributed by atoms with van der Waals surface area (Å²) in [6, 6.07) is 7.95. The Morgan fingerprint density at radius 3 is 2.59 bits per heavy atom. The lowest BCUT2D eigenvalue weighted by Crippen LogP contribution is -2.35. The Balaban J connectivity index is 1.60. The minimum atomic E-state index is 0.228. The van der Waals surface area contributed by atoms with E-state index >= 15 is 0 Å². The van der Waals surface area contributed by atoms with Gasteiger partial charge < -0.3 is 5.73 Å². The maximum atomic E-state index is 12.3. The fourth-order valence-electron chi connectivity index (χ4n) is 4.90. The van der Waals surface area contributed by atoms with Crippen molar-refractivity contribution in [3.8, 4) is 0 Å². The van der Waals surface area contributed by atoms with Crippen molar-refractivity contribution in [2.24, 2.45) is 10.8 Å². The molecule has 1 aromatic carbocycles. The molecule has 2 bridgehead atoms. The van der Waals surface area contributed by atoms with Crippen molar-refractivity contribution >= 4 is 11.5 Å². The lowest BCUT2D eigenvalue weighted by atomic mass is 9.65. The number of rotatable bonds is 4. The Morgan fingerprint density at radius 2 is 1.91 bits per heavy atom. The molecule has 1 aliphatic carbocycles. The van der Waals surface area contributed by atoms with E-state index in [0.29, 0.717) is 29.0 Å². The van der Waals surface area contributed by atoms with Gasteiger partial charge in [-0.25, -0.2) is 0 Å². The lowest BCUT2D eigenvalue weighted by Gasteiger charge is -2.39. The second-order valence-electron chi connectivity index (χ2n) is 8.48. The van der Waals surface area contributed by atoms with Crippen LogP contribution in [0.15, 0.2) is 24.3 Å². The molecule has 1 heterocycles. The van der Waals surface area contributed by atoms with Gasteiger partial charge in [0, 0.05) is 36.8 Å². The number of nitrogens with two attached hydrogens (primary N) is 1. The summed E-state index contributed by atoms with van der Waals surface area (Å²) in [5, 5.41) is 0. The molecule has 120 valence electrons. The molecule has 2 fully saturated rings. The predicted molar refractivity (Wildman–Crippen MR) is 90.9 cm³/mol. The Morgan fingerprint density at radius 1 is 1.23 bits per heavy atom. The standard InChI is InChI=1S/C19H28N2O/c1-18(2)10-16-11-19(3,12-18)13-21(16)9-8-17(22)14-4-6-15(20)7-5-14/h4-7,16H,8-13,20H2,1-3H3. The van der Waals surface area contributed by atoms with Gasteiger partial charge in [0.15, 0.2) is 5.78 Å². The molecular formula is C19H28N2O. The van der Waals surface area contributed by atoms with Gasteiger partial charge >= 0.3 is 0 Å². The second-order valence-corrected chi connectivity index (χ2v) is 8.48. The third kappa shape index (κ3) is 3.19. The number of Topliss-reactive ketones (excluding diaryl/α,β-unsaturated/α-hetero) is 1. The van der Waals surface area contributed by atoms with E-state index in [-0.39, 0.29) is 5.78 Å². The van der Waals surface area contributed by atoms with Crippen molar-refractivity contribution < 1.29 is 4.79 Å². The monoisotopic (exact) mass is 300 g/mol. The zero-order valence-electron chi connectivity index (χ0n) is 14.1. The highest BCUT2D eigenvalue weighted by atomic mass is 16.1. The zero-order valence-corrected chi connectivity index (χ0v) is 14.1. The van der Waals surface area contributed by atoms with Crippen molar-refractivity contribution in [2.75, 3.05) is 18.8 Å². The highest BCUT2D eigenvalue weighted by molar-refractivity contribution is 5.96. The number of carbonyl (C=O) groups excluding carboxylic acids is 1. The summed E-state index contributed by atoms with van der Waals surface area (Å²) >= 11 is 0. The molecule has 0 radical (unpaired) electrons. The van der Waals surface area contributed by atoms with Crippen LogP contribution in [-0.2, 0) is 0 Å². The SMILES string of the molecule is CC1(C)CC2CC(C)(CN2CCC(=O)c2ccc(N)cc2)C1. The van der Waals surface area contributed by atoms with Crippen LogP contribution in [0.5, 0.6) is 0 Å². The number of carbonyl (C=O) groups is 1. The summed E-state index contributed by atoms with van der Waals surface area (Å²) in [5.41, 5.74) is 8.05. The van der Waals surface area contributed by atoms with Crippen molar-refractivity contribution in [3.05, 3.63) is 29.8 Å². The number of ketones is 1. The van der Waals surface area contributed by atoms with E-state index in [1.807, 2.05) is 12.1 Å². The van der Waals surface area contributed by atoms with Gasteiger partial charge in [-0.05, 0) is 54.4 Å². The predicted octanol–water partition coefficient (Wildman–Crippen LogP) is 3.74. The highest BCUT2D eigenvalue weighted by Crippen LogP contribution is 2.52. The number of hydrogen-bond acceptors (Lipinski definition) is 3. The smallest absolute Gasteiger partial charge is 0.164 e. The normalized spacial score (nSPS) is 30.4. The number of nitrogen functional groups attached to an aromatic ring is 1. The molecule has 3 nitrogen and oxygen atoms in total. The molecule has 2 aliphatic rings. The highest BCUT2D eigenvalue weighted by Gasteiger charge is 2.49. The van der Waals surface area contributed by atoms with Gasteiger partial charge in [-0.2, -0.15) is 0 Å². The minimum absolute atomic E-state index is 0.228. The van der Waals surface area contributed by atoms with E-state index in [0.717, 1.165) is 18.7 Å². The van der Waals surface area contributed by atoms with Crippen LogP contribution < -0.4 is 5.73 Å². The first kappa shape index (κ1) is 15.5. The van der Waals surface area contributed by atoms with Crippen LogP contribution >= 0.6 is 0 Å². The van der Waals surface area contributed by atoms with Crippen LogP contribution in [0.4, 0.5) is 5.69 Å². The van der Waals surface area contributed by atoms with Crippen LogP contribution in [0.25, 0.3) is 0 Å². The van der Waals surface area contributed by atoms with Gasteiger partial charge in [-0.1, -0.05) is 20.8 Å². The Kier molecular flexibility index (Phi) is 3.80. The minimum Gasteiger partial charge on any atom is -0.399 e. The van der Waals surface area contributed by atoms with Gasteiger partial charge in [-0.15, -0.1) is 0 Å². The maximum absolute atomic E-state index is 12.3. The summed E-state index contributed by atoms with van der Waals surface area (Å²) in [5.74, 6) is 0.228. The summed E-state index contributed by atoms with van der Waals surface area (Å²) in [6.45, 7) is 9.24. The largest absolute Gasteiger partial charge is 0.399 e. The molecule has 2 N–H and O–H groups in total. The van der Waals surface area contributed by atoms with Crippen LogP contribution in [0.2, 0.25) is 0 Å². The summed E-state index contributed by atoms with van der Waals surface area (Å²) < 4.78 is 0. The average Bonchev–Trinajstić information content (AvgIpc) is 2.65. The topological polar surface area (TPSA) is 46.3 Å². The quantitative estimate of drug-likeness (QED) is 0.680. The van der Waals surface area contributed by atoms with Crippen molar-refractivity contribution in [1.82, 2.24) is 4.90 Å².